The van der Waals surface area contributed by atoms with Gasteiger partial charge in [0, 0.05) is 16.5 Å². The molecule has 0 spiro atoms. The molecular weight excluding hydrogens is 235 g/mol. The molecule has 0 aliphatic heterocycles. The predicted molar refractivity (Wildman–Crippen MR) is 61.7 cm³/mol. The van der Waals surface area contributed by atoms with Gasteiger partial charge < -0.3 is 0 Å². The van der Waals surface area contributed by atoms with Gasteiger partial charge in [-0.1, -0.05) is 29.3 Å². The molecule has 3 N–H and O–H groups in total. The molecule has 0 bridgehead atoms. The Kier molecular flexibility index (Phi) is 4.88. The Bertz CT molecular complexity index is 335. The molecule has 0 heterocycles. The predicted octanol–water partition coefficient (Wildman–Crippen LogP) is 2.31. The van der Waals surface area contributed by atoms with Crippen LogP contribution in [0.3, 0.4) is 0 Å². The molecule has 82 valence electrons. The first-order valence-electron chi connectivity index (χ1n) is 4.57. The van der Waals surface area contributed by atoms with Gasteiger partial charge in [-0.15, -0.1) is 0 Å². The van der Waals surface area contributed by atoms with Crippen LogP contribution in [0, 0.1) is 0 Å². The zero-order valence-corrected chi connectivity index (χ0v) is 9.61. The van der Waals surface area contributed by atoms with E-state index in [1.165, 1.54) is 0 Å². The number of amides is 1. The number of halogens is 2. The summed E-state index contributed by atoms with van der Waals surface area (Å²) < 4.78 is 0. The minimum absolute atomic E-state index is 0.182. The highest BCUT2D eigenvalue weighted by molar-refractivity contribution is 6.35. The van der Waals surface area contributed by atoms with E-state index in [-0.39, 0.29) is 5.91 Å². The number of rotatable bonds is 4. The lowest BCUT2D eigenvalue weighted by atomic mass is 10.1. The lowest BCUT2D eigenvalue weighted by Gasteiger charge is -2.05. The largest absolute Gasteiger partial charge is 0.294 e. The second-order valence-electron chi connectivity index (χ2n) is 3.12. The third-order valence-corrected chi connectivity index (χ3v) is 2.76. The van der Waals surface area contributed by atoms with Crippen LogP contribution >= 0.6 is 23.2 Å². The normalized spacial score (nSPS) is 10.1. The van der Waals surface area contributed by atoms with Gasteiger partial charge in [-0.25, -0.2) is 5.84 Å². The highest BCUT2D eigenvalue weighted by atomic mass is 35.5. The third kappa shape index (κ3) is 3.70. The number of benzene rings is 1. The van der Waals surface area contributed by atoms with Gasteiger partial charge >= 0.3 is 0 Å². The van der Waals surface area contributed by atoms with Crippen molar-refractivity contribution >= 4 is 29.1 Å². The molecule has 0 saturated heterocycles. The molecule has 15 heavy (non-hydrogen) atoms. The Morgan fingerprint density at radius 3 is 2.47 bits per heavy atom. The van der Waals surface area contributed by atoms with Gasteiger partial charge in [-0.3, -0.25) is 10.2 Å². The first-order valence-corrected chi connectivity index (χ1v) is 5.33. The van der Waals surface area contributed by atoms with Crippen molar-refractivity contribution in [1.82, 2.24) is 5.43 Å². The van der Waals surface area contributed by atoms with E-state index in [0.29, 0.717) is 29.3 Å². The molecule has 0 atom stereocenters. The van der Waals surface area contributed by atoms with E-state index < -0.39 is 0 Å². The van der Waals surface area contributed by atoms with Gasteiger partial charge in [-0.2, -0.15) is 0 Å². The fourth-order valence-corrected chi connectivity index (χ4v) is 1.86. The summed E-state index contributed by atoms with van der Waals surface area (Å²) in [4.78, 5) is 10.9. The highest BCUT2D eigenvalue weighted by Gasteiger charge is 2.06. The monoisotopic (exact) mass is 246 g/mol. The molecule has 3 nitrogen and oxygen atoms in total. The molecule has 0 aliphatic carbocycles. The number of nitrogens with one attached hydrogen (secondary N) is 1. The van der Waals surface area contributed by atoms with Gasteiger partial charge in [0.05, 0.1) is 0 Å². The highest BCUT2D eigenvalue weighted by Crippen LogP contribution is 2.25. The zero-order chi connectivity index (χ0) is 11.3. The summed E-state index contributed by atoms with van der Waals surface area (Å²) in [5.74, 6) is 4.78. The molecule has 0 aliphatic rings. The van der Waals surface area contributed by atoms with Crippen molar-refractivity contribution in [2.75, 3.05) is 0 Å². The van der Waals surface area contributed by atoms with E-state index in [2.05, 4.69) is 5.43 Å². The fraction of sp³-hybridized carbons (Fsp3) is 0.300. The van der Waals surface area contributed by atoms with Crippen LogP contribution < -0.4 is 11.3 Å². The smallest absolute Gasteiger partial charge is 0.233 e. The quantitative estimate of drug-likeness (QED) is 0.487. The number of nitrogens with two attached hydrogens (primary N) is 1. The van der Waals surface area contributed by atoms with Crippen LogP contribution in [0.25, 0.3) is 0 Å². The van der Waals surface area contributed by atoms with E-state index in [0.717, 1.165) is 5.56 Å². The summed E-state index contributed by atoms with van der Waals surface area (Å²) in [6.07, 6.45) is 1.72. The molecule has 1 aromatic carbocycles. The van der Waals surface area contributed by atoms with E-state index in [1.807, 2.05) is 0 Å². The molecule has 0 unspecified atom stereocenters. The second-order valence-corrected chi connectivity index (χ2v) is 3.94. The van der Waals surface area contributed by atoms with Crippen LogP contribution in [-0.2, 0) is 11.2 Å². The molecule has 5 heteroatoms. The van der Waals surface area contributed by atoms with Crippen LogP contribution in [-0.4, -0.2) is 5.91 Å². The second kappa shape index (κ2) is 5.95. The molecule has 0 saturated carbocycles. The Morgan fingerprint density at radius 1 is 1.33 bits per heavy atom. The van der Waals surface area contributed by atoms with Crippen molar-refractivity contribution in [1.29, 1.82) is 0 Å². The summed E-state index contributed by atoms with van der Waals surface area (Å²) in [6.45, 7) is 0. The van der Waals surface area contributed by atoms with Crippen molar-refractivity contribution in [2.24, 2.45) is 5.84 Å². The molecule has 0 aromatic heterocycles. The van der Waals surface area contributed by atoms with Crippen LogP contribution in [0.1, 0.15) is 18.4 Å². The number of hydrogen-bond acceptors (Lipinski definition) is 2. The lowest BCUT2D eigenvalue weighted by molar-refractivity contribution is -0.121. The summed E-state index contributed by atoms with van der Waals surface area (Å²) in [5, 5.41) is 1.27. The number of carbonyl (C=O) groups is 1. The van der Waals surface area contributed by atoms with Crippen LogP contribution in [0.2, 0.25) is 10.0 Å². The average molecular weight is 247 g/mol. The number of hydrogen-bond donors (Lipinski definition) is 2. The van der Waals surface area contributed by atoms with Crippen LogP contribution in [0.15, 0.2) is 18.2 Å². The molecule has 1 aromatic rings. The molecule has 1 amide bonds. The maximum atomic E-state index is 10.9. The SMILES string of the molecule is NNC(=O)CCCc1c(Cl)cccc1Cl. The van der Waals surface area contributed by atoms with E-state index >= 15 is 0 Å². The topological polar surface area (TPSA) is 55.1 Å². The molecular formula is C10H12Cl2N2O. The van der Waals surface area contributed by atoms with E-state index in [1.54, 1.807) is 18.2 Å². The minimum atomic E-state index is -0.182. The lowest BCUT2D eigenvalue weighted by Crippen LogP contribution is -2.29. The summed E-state index contributed by atoms with van der Waals surface area (Å²) in [7, 11) is 0. The first-order chi connectivity index (χ1) is 7.15. The van der Waals surface area contributed by atoms with Crippen LogP contribution in [0.4, 0.5) is 0 Å². The Balaban J connectivity index is 2.54. The fourth-order valence-electron chi connectivity index (χ4n) is 1.27. The van der Waals surface area contributed by atoms with E-state index in [4.69, 9.17) is 29.0 Å². The van der Waals surface area contributed by atoms with Gasteiger partial charge in [-0.05, 0) is 30.5 Å². The summed E-state index contributed by atoms with van der Waals surface area (Å²) in [5.41, 5.74) is 2.96. The maximum Gasteiger partial charge on any atom is 0.233 e. The molecule has 0 radical (unpaired) electrons. The minimum Gasteiger partial charge on any atom is -0.294 e. The maximum absolute atomic E-state index is 10.9. The average Bonchev–Trinajstić information content (AvgIpc) is 2.22. The summed E-state index contributed by atoms with van der Waals surface area (Å²) in [6, 6.07) is 5.36. The Labute approximate surface area is 98.5 Å². The number of carbonyl (C=O) groups excluding carboxylic acids is 1. The van der Waals surface area contributed by atoms with E-state index in [9.17, 15) is 4.79 Å². The van der Waals surface area contributed by atoms with Crippen molar-refractivity contribution < 1.29 is 4.79 Å². The Morgan fingerprint density at radius 2 is 1.93 bits per heavy atom. The summed E-state index contributed by atoms with van der Waals surface area (Å²) >= 11 is 11.9. The number of hydrazine groups is 1. The van der Waals surface area contributed by atoms with Crippen molar-refractivity contribution in [3.8, 4) is 0 Å². The van der Waals surface area contributed by atoms with Crippen molar-refractivity contribution in [3.63, 3.8) is 0 Å². The van der Waals surface area contributed by atoms with Gasteiger partial charge in [0.25, 0.3) is 0 Å². The molecule has 0 fully saturated rings. The Hall–Kier alpha value is -0.770. The molecule has 1 rings (SSSR count). The third-order valence-electron chi connectivity index (χ3n) is 2.05. The van der Waals surface area contributed by atoms with Crippen molar-refractivity contribution in [2.45, 2.75) is 19.3 Å². The van der Waals surface area contributed by atoms with Gasteiger partial charge in [0.15, 0.2) is 0 Å². The zero-order valence-electron chi connectivity index (χ0n) is 8.09. The van der Waals surface area contributed by atoms with Gasteiger partial charge in [0.2, 0.25) is 5.91 Å². The standard InChI is InChI=1S/C10H12Cl2N2O/c11-8-4-2-5-9(12)7(8)3-1-6-10(15)14-13/h2,4-5H,1,3,6,13H2,(H,14,15). The van der Waals surface area contributed by atoms with Crippen LogP contribution in [0.5, 0.6) is 0 Å². The first kappa shape index (κ1) is 12.3. The van der Waals surface area contributed by atoms with Gasteiger partial charge in [0.1, 0.15) is 0 Å². The van der Waals surface area contributed by atoms with Crippen molar-refractivity contribution in [3.05, 3.63) is 33.8 Å².